The van der Waals surface area contributed by atoms with E-state index in [0.717, 1.165) is 43.2 Å². The third kappa shape index (κ3) is 5.59. The highest BCUT2D eigenvalue weighted by Crippen LogP contribution is 2.59. The van der Waals surface area contributed by atoms with Gasteiger partial charge in [-0.15, -0.1) is 0 Å². The first-order valence-corrected chi connectivity index (χ1v) is 16.3. The minimum absolute atomic E-state index is 0.0666. The molecule has 3 aromatic rings. The van der Waals surface area contributed by atoms with Crippen LogP contribution in [0.15, 0.2) is 53.6 Å². The van der Waals surface area contributed by atoms with Crippen LogP contribution < -0.4 is 9.62 Å². The molecule has 2 fully saturated rings. The number of aromatic nitrogens is 1. The molecular weight excluding hydrogens is 655 g/mol. The van der Waals surface area contributed by atoms with E-state index >= 15 is 4.39 Å². The first kappa shape index (κ1) is 32.2. The number of benzene rings is 2. The lowest BCUT2D eigenvalue weighted by atomic mass is 9.68. The van der Waals surface area contributed by atoms with Gasteiger partial charge in [0.2, 0.25) is 5.91 Å². The number of nitrogens with zero attached hydrogens (tertiary/aromatic N) is 3. The lowest BCUT2D eigenvalue weighted by Crippen LogP contribution is -2.54. The number of likely N-dealkylation sites (tertiary alicyclic amines) is 1. The molecular formula is C31H28ClF5N4O4S. The van der Waals surface area contributed by atoms with Crippen LogP contribution in [0, 0.1) is 17.6 Å². The maximum absolute atomic E-state index is 15.8. The van der Waals surface area contributed by atoms with Gasteiger partial charge in [0.25, 0.3) is 15.9 Å². The number of halogens is 6. The highest BCUT2D eigenvalue weighted by molar-refractivity contribution is 7.92. The van der Waals surface area contributed by atoms with E-state index < -0.39 is 62.9 Å². The number of carbonyl (C=O) groups excluding carboxylic acids is 2. The second-order valence-electron chi connectivity index (χ2n) is 11.9. The number of sulfonamides is 1. The number of hydrogen-bond acceptors (Lipinski definition) is 5. The third-order valence-corrected chi connectivity index (χ3v) is 11.3. The Morgan fingerprint density at radius 2 is 1.72 bits per heavy atom. The Labute approximate surface area is 266 Å². The molecule has 3 aliphatic rings. The Hall–Kier alpha value is -3.78. The van der Waals surface area contributed by atoms with Crippen LogP contribution >= 0.6 is 11.6 Å². The first-order chi connectivity index (χ1) is 21.6. The van der Waals surface area contributed by atoms with Crippen LogP contribution in [-0.2, 0) is 33.0 Å². The Morgan fingerprint density at radius 1 is 1.07 bits per heavy atom. The average Bonchev–Trinajstić information content (AvgIpc) is 3.80. The lowest BCUT2D eigenvalue weighted by molar-refractivity contribution is -0.137. The van der Waals surface area contributed by atoms with Crippen molar-refractivity contribution in [1.82, 2.24) is 15.2 Å². The van der Waals surface area contributed by atoms with Gasteiger partial charge in [-0.1, -0.05) is 11.6 Å². The quantitative estimate of drug-likeness (QED) is 0.330. The minimum Gasteiger partial charge on any atom is -0.346 e. The van der Waals surface area contributed by atoms with Crippen LogP contribution in [0.3, 0.4) is 0 Å². The zero-order valence-corrected chi connectivity index (χ0v) is 25.9. The number of pyridine rings is 1. The molecule has 0 bridgehead atoms. The number of anilines is 1. The number of carbonyl (C=O) groups is 2. The molecule has 8 nitrogen and oxygen atoms in total. The van der Waals surface area contributed by atoms with E-state index in [1.165, 1.54) is 17.3 Å². The Kier molecular flexibility index (Phi) is 8.03. The van der Waals surface area contributed by atoms with E-state index in [-0.39, 0.29) is 33.1 Å². The van der Waals surface area contributed by atoms with Crippen molar-refractivity contribution < 1.29 is 40.0 Å². The first-order valence-electron chi connectivity index (χ1n) is 14.5. The summed E-state index contributed by atoms with van der Waals surface area (Å²) in [6.07, 6.45) is -1.93. The second kappa shape index (κ2) is 11.5. The molecule has 2 aliphatic heterocycles. The number of hydrogen-bond donors (Lipinski definition) is 1. The maximum Gasteiger partial charge on any atom is 0.417 e. The molecule has 0 radical (unpaired) electrons. The van der Waals surface area contributed by atoms with Crippen LogP contribution in [0.5, 0.6) is 0 Å². The molecule has 1 saturated carbocycles. The summed E-state index contributed by atoms with van der Waals surface area (Å²) in [5.41, 5.74) is -1.89. The maximum atomic E-state index is 15.8. The largest absolute Gasteiger partial charge is 0.417 e. The molecule has 2 amide bonds. The smallest absolute Gasteiger partial charge is 0.346 e. The third-order valence-electron chi connectivity index (χ3n) is 9.12. The van der Waals surface area contributed by atoms with Crippen LogP contribution in [-0.4, -0.2) is 49.2 Å². The number of nitrogens with one attached hydrogen (secondary N) is 1. The molecule has 1 spiro atoms. The number of fused-ring (bicyclic) bond motifs is 2. The monoisotopic (exact) mass is 682 g/mol. The summed E-state index contributed by atoms with van der Waals surface area (Å²) >= 11 is 5.97. The minimum atomic E-state index is -4.67. The molecule has 1 N–H and O–H groups in total. The van der Waals surface area contributed by atoms with Crippen molar-refractivity contribution in [3.63, 3.8) is 0 Å². The lowest BCUT2D eigenvalue weighted by Gasteiger charge is -2.45. The fourth-order valence-corrected chi connectivity index (χ4v) is 8.72. The SMILES string of the molecule is CC(=O)N1CCC2(CC1)c1cc(C(=O)NCc3ncc(C(F)(F)F)cc3Cl)c(F)cc1N(S(=O)(=O)c1ccc(F)cc1)C2C1CC1. The van der Waals surface area contributed by atoms with E-state index in [9.17, 15) is 35.6 Å². The van der Waals surface area contributed by atoms with Gasteiger partial charge < -0.3 is 10.2 Å². The zero-order valence-electron chi connectivity index (χ0n) is 24.4. The Balaban J connectivity index is 1.40. The summed E-state index contributed by atoms with van der Waals surface area (Å²) in [5, 5.41) is 2.11. The molecule has 15 heteroatoms. The molecule has 1 unspecified atom stereocenters. The Bertz CT molecular complexity index is 1830. The van der Waals surface area contributed by atoms with Crippen molar-refractivity contribution in [3.8, 4) is 0 Å². The fourth-order valence-electron chi connectivity index (χ4n) is 6.70. The predicted octanol–water partition coefficient (Wildman–Crippen LogP) is 5.83. The number of amides is 2. The number of rotatable bonds is 6. The van der Waals surface area contributed by atoms with Crippen LogP contribution in [0.2, 0.25) is 5.02 Å². The Morgan fingerprint density at radius 3 is 2.28 bits per heavy atom. The molecule has 1 aliphatic carbocycles. The van der Waals surface area contributed by atoms with E-state index in [0.29, 0.717) is 43.8 Å². The van der Waals surface area contributed by atoms with Crippen molar-refractivity contribution in [1.29, 1.82) is 0 Å². The second-order valence-corrected chi connectivity index (χ2v) is 14.1. The topological polar surface area (TPSA) is 99.7 Å². The summed E-state index contributed by atoms with van der Waals surface area (Å²) in [6.45, 7) is 1.68. The molecule has 1 aromatic heterocycles. The van der Waals surface area contributed by atoms with Crippen LogP contribution in [0.4, 0.5) is 27.6 Å². The van der Waals surface area contributed by atoms with E-state index in [1.807, 2.05) is 0 Å². The van der Waals surface area contributed by atoms with Gasteiger partial charge in [0, 0.05) is 31.6 Å². The number of alkyl halides is 3. The summed E-state index contributed by atoms with van der Waals surface area (Å²) in [5.74, 6) is -2.75. The molecule has 6 rings (SSSR count). The van der Waals surface area contributed by atoms with Crippen LogP contribution in [0.25, 0.3) is 0 Å². The highest BCUT2D eigenvalue weighted by atomic mass is 35.5. The standard InChI is InChI=1S/C31H28ClF5N4O4S/c1-17(42)40-10-8-30(9-11-40)23-13-22(29(43)39-16-26-24(32)12-19(15-38-26)31(35,36)37)25(34)14-27(23)41(28(30)18-2-3-18)46(44,45)21-6-4-20(33)5-7-21/h4-7,12-15,18,28H,2-3,8-11,16H2,1H3,(H,39,43). The summed E-state index contributed by atoms with van der Waals surface area (Å²) in [6, 6.07) is 6.74. The van der Waals surface area contributed by atoms with Gasteiger partial charge in [-0.25, -0.2) is 17.2 Å². The predicted molar refractivity (Wildman–Crippen MR) is 158 cm³/mol. The van der Waals surface area contributed by atoms with Crippen molar-refractivity contribution in [2.24, 2.45) is 5.92 Å². The normalized spacial score (nSPS) is 19.3. The van der Waals surface area contributed by atoms with Gasteiger partial charge in [-0.2, -0.15) is 13.2 Å². The molecule has 1 saturated heterocycles. The molecule has 46 heavy (non-hydrogen) atoms. The molecule has 244 valence electrons. The fraction of sp³-hybridized carbons (Fsp3) is 0.387. The molecule has 1 atom stereocenters. The van der Waals surface area contributed by atoms with Gasteiger partial charge in [-0.3, -0.25) is 18.9 Å². The van der Waals surface area contributed by atoms with Gasteiger partial charge in [-0.05, 0) is 79.6 Å². The van der Waals surface area contributed by atoms with Crippen molar-refractivity contribution in [2.45, 2.75) is 61.7 Å². The summed E-state index contributed by atoms with van der Waals surface area (Å²) in [7, 11) is -4.33. The van der Waals surface area contributed by atoms with Gasteiger partial charge in [0.15, 0.2) is 0 Å². The highest BCUT2D eigenvalue weighted by Gasteiger charge is 2.60. The number of piperidine rings is 1. The molecule has 2 aromatic carbocycles. The van der Waals surface area contributed by atoms with Gasteiger partial charge in [0.05, 0.1) is 45.0 Å². The summed E-state index contributed by atoms with van der Waals surface area (Å²) < 4.78 is 98.2. The molecule has 3 heterocycles. The van der Waals surface area contributed by atoms with Gasteiger partial charge >= 0.3 is 6.18 Å². The van der Waals surface area contributed by atoms with E-state index in [2.05, 4.69) is 10.3 Å². The van der Waals surface area contributed by atoms with Gasteiger partial charge in [0.1, 0.15) is 11.6 Å². The van der Waals surface area contributed by atoms with Crippen molar-refractivity contribution in [2.75, 3.05) is 17.4 Å². The van der Waals surface area contributed by atoms with E-state index in [1.54, 1.807) is 4.90 Å². The van der Waals surface area contributed by atoms with Crippen molar-refractivity contribution >= 4 is 39.1 Å². The van der Waals surface area contributed by atoms with E-state index in [4.69, 9.17) is 11.6 Å². The van der Waals surface area contributed by atoms with Crippen LogP contribution in [0.1, 0.15) is 59.8 Å². The summed E-state index contributed by atoms with van der Waals surface area (Å²) in [4.78, 5) is 30.7. The average molecular weight is 683 g/mol. The van der Waals surface area contributed by atoms with Crippen molar-refractivity contribution in [3.05, 3.63) is 87.7 Å². The zero-order chi connectivity index (χ0) is 33.2.